The topological polar surface area (TPSA) is 20.2 Å². The quantitative estimate of drug-likeness (QED) is 0.796. The van der Waals surface area contributed by atoms with E-state index >= 15 is 0 Å². The van der Waals surface area contributed by atoms with Gasteiger partial charge in [-0.25, -0.2) is 0 Å². The van der Waals surface area contributed by atoms with Crippen LogP contribution in [0.4, 0.5) is 0 Å². The summed E-state index contributed by atoms with van der Waals surface area (Å²) in [7, 11) is 0. The van der Waals surface area contributed by atoms with Gasteiger partial charge < -0.3 is 5.11 Å². The second-order valence-corrected chi connectivity index (χ2v) is 4.38. The van der Waals surface area contributed by atoms with Gasteiger partial charge >= 0.3 is 0 Å². The Hall–Kier alpha value is -1.08. The fraction of sp³-hybridized carbons (Fsp3) is 0.429. The highest BCUT2D eigenvalue weighted by molar-refractivity contribution is 5.49. The Morgan fingerprint density at radius 3 is 2.67 bits per heavy atom. The maximum atomic E-state index is 8.87. The molecule has 0 aromatic heterocycles. The predicted octanol–water partition coefficient (Wildman–Crippen LogP) is 2.96. The van der Waals surface area contributed by atoms with Crippen molar-refractivity contribution in [2.75, 3.05) is 6.61 Å². The molecule has 0 aliphatic heterocycles. The smallest absolute Gasteiger partial charge is 0.0433 e. The van der Waals surface area contributed by atoms with Crippen molar-refractivity contribution in [3.05, 3.63) is 42.0 Å². The molecule has 0 bridgehead atoms. The molecule has 0 spiro atoms. The molecule has 1 fully saturated rings. The van der Waals surface area contributed by atoms with Crippen molar-refractivity contribution < 1.29 is 5.11 Å². The van der Waals surface area contributed by atoms with Crippen LogP contribution >= 0.6 is 0 Å². The zero-order valence-electron chi connectivity index (χ0n) is 9.13. The summed E-state index contributed by atoms with van der Waals surface area (Å²) < 4.78 is 0. The Balaban J connectivity index is 1.91. The van der Waals surface area contributed by atoms with Gasteiger partial charge in [0, 0.05) is 6.61 Å². The standard InChI is InChI=1S/C14H18O/c1-11-13(14(11)9-10-15)8-7-12-5-3-2-4-6-12/h2-8,11,13-15H,9-10H2,1H3/b8-7+/t11-,13-,14-/m1/s1. The zero-order chi connectivity index (χ0) is 10.7. The highest BCUT2D eigenvalue weighted by Gasteiger charge is 2.43. The summed E-state index contributed by atoms with van der Waals surface area (Å²) in [6.45, 7) is 2.59. The number of hydrogen-bond acceptors (Lipinski definition) is 1. The first-order valence-corrected chi connectivity index (χ1v) is 5.67. The average molecular weight is 202 g/mol. The molecule has 1 aromatic rings. The van der Waals surface area contributed by atoms with Crippen molar-refractivity contribution in [3.63, 3.8) is 0 Å². The average Bonchev–Trinajstić information content (AvgIpc) is 2.88. The molecule has 0 unspecified atom stereocenters. The molecule has 1 N–H and O–H groups in total. The summed E-state index contributed by atoms with van der Waals surface area (Å²) in [6, 6.07) is 10.4. The third-order valence-electron chi connectivity index (χ3n) is 3.41. The number of benzene rings is 1. The number of rotatable bonds is 4. The summed E-state index contributed by atoms with van der Waals surface area (Å²) in [5.74, 6) is 2.13. The molecular weight excluding hydrogens is 184 g/mol. The van der Waals surface area contributed by atoms with E-state index in [1.54, 1.807) is 0 Å². The number of aliphatic hydroxyl groups excluding tert-OH is 1. The lowest BCUT2D eigenvalue weighted by Crippen LogP contribution is -1.86. The van der Waals surface area contributed by atoms with Crippen LogP contribution in [0.15, 0.2) is 36.4 Å². The molecular formula is C14H18O. The minimum absolute atomic E-state index is 0.324. The van der Waals surface area contributed by atoms with Crippen LogP contribution in [0, 0.1) is 17.8 Å². The fourth-order valence-corrected chi connectivity index (χ4v) is 2.29. The maximum absolute atomic E-state index is 8.87. The molecule has 0 saturated heterocycles. The second-order valence-electron chi connectivity index (χ2n) is 4.38. The predicted molar refractivity (Wildman–Crippen MR) is 63.3 cm³/mol. The van der Waals surface area contributed by atoms with Crippen LogP contribution in [-0.4, -0.2) is 11.7 Å². The molecule has 80 valence electrons. The minimum Gasteiger partial charge on any atom is -0.396 e. The van der Waals surface area contributed by atoms with Crippen LogP contribution in [0.5, 0.6) is 0 Å². The van der Waals surface area contributed by atoms with Crippen LogP contribution < -0.4 is 0 Å². The van der Waals surface area contributed by atoms with Gasteiger partial charge in [0.2, 0.25) is 0 Å². The van der Waals surface area contributed by atoms with Crippen molar-refractivity contribution >= 4 is 6.08 Å². The lowest BCUT2D eigenvalue weighted by atomic mass is 10.1. The molecule has 2 rings (SSSR count). The van der Waals surface area contributed by atoms with Crippen LogP contribution in [0.2, 0.25) is 0 Å². The summed E-state index contributed by atoms with van der Waals surface area (Å²) in [4.78, 5) is 0. The molecule has 1 aliphatic rings. The third-order valence-corrected chi connectivity index (χ3v) is 3.41. The SMILES string of the molecule is C[C@@H]1[C@@H](/C=C/c2ccccc2)[C@@H]1CCO. The van der Waals surface area contributed by atoms with E-state index in [0.29, 0.717) is 18.4 Å². The summed E-state index contributed by atoms with van der Waals surface area (Å²) in [5.41, 5.74) is 1.26. The Kier molecular flexibility index (Phi) is 3.22. The van der Waals surface area contributed by atoms with E-state index in [1.807, 2.05) is 6.07 Å². The van der Waals surface area contributed by atoms with Crippen molar-refractivity contribution in [2.24, 2.45) is 17.8 Å². The van der Waals surface area contributed by atoms with Crippen molar-refractivity contribution in [2.45, 2.75) is 13.3 Å². The van der Waals surface area contributed by atoms with Crippen molar-refractivity contribution in [3.8, 4) is 0 Å². The maximum Gasteiger partial charge on any atom is 0.0433 e. The molecule has 1 aliphatic carbocycles. The highest BCUT2D eigenvalue weighted by Crippen LogP contribution is 2.49. The van der Waals surface area contributed by atoms with E-state index in [2.05, 4.69) is 43.3 Å². The Labute approximate surface area is 91.4 Å². The van der Waals surface area contributed by atoms with E-state index in [4.69, 9.17) is 5.11 Å². The largest absolute Gasteiger partial charge is 0.396 e. The monoisotopic (exact) mass is 202 g/mol. The van der Waals surface area contributed by atoms with Gasteiger partial charge in [-0.3, -0.25) is 0 Å². The molecule has 0 radical (unpaired) electrons. The first-order chi connectivity index (χ1) is 7.33. The van der Waals surface area contributed by atoms with Gasteiger partial charge in [-0.05, 0) is 29.7 Å². The Bertz CT molecular complexity index is 328. The summed E-state index contributed by atoms with van der Waals surface area (Å²) >= 11 is 0. The summed E-state index contributed by atoms with van der Waals surface area (Å²) in [6.07, 6.45) is 5.43. The Morgan fingerprint density at radius 1 is 1.27 bits per heavy atom. The lowest BCUT2D eigenvalue weighted by Gasteiger charge is -1.92. The van der Waals surface area contributed by atoms with Gasteiger partial charge in [0.25, 0.3) is 0 Å². The minimum atomic E-state index is 0.324. The van der Waals surface area contributed by atoms with E-state index in [-0.39, 0.29) is 0 Å². The molecule has 1 nitrogen and oxygen atoms in total. The Morgan fingerprint density at radius 2 is 2.00 bits per heavy atom. The number of hydrogen-bond donors (Lipinski definition) is 1. The van der Waals surface area contributed by atoms with E-state index in [9.17, 15) is 0 Å². The lowest BCUT2D eigenvalue weighted by molar-refractivity contribution is 0.276. The molecule has 15 heavy (non-hydrogen) atoms. The molecule has 0 amide bonds. The van der Waals surface area contributed by atoms with E-state index in [0.717, 1.165) is 12.3 Å². The number of allylic oxidation sites excluding steroid dienone is 1. The fourth-order valence-electron chi connectivity index (χ4n) is 2.29. The van der Waals surface area contributed by atoms with Crippen LogP contribution in [-0.2, 0) is 0 Å². The first kappa shape index (κ1) is 10.4. The van der Waals surface area contributed by atoms with Crippen molar-refractivity contribution in [1.82, 2.24) is 0 Å². The molecule has 1 aromatic carbocycles. The van der Waals surface area contributed by atoms with Crippen molar-refractivity contribution in [1.29, 1.82) is 0 Å². The third kappa shape index (κ3) is 2.48. The summed E-state index contributed by atoms with van der Waals surface area (Å²) in [5, 5.41) is 8.87. The van der Waals surface area contributed by atoms with Gasteiger partial charge in [0.15, 0.2) is 0 Å². The van der Waals surface area contributed by atoms with E-state index < -0.39 is 0 Å². The molecule has 1 saturated carbocycles. The van der Waals surface area contributed by atoms with Gasteiger partial charge in [-0.15, -0.1) is 0 Å². The van der Waals surface area contributed by atoms with Crippen LogP contribution in [0.25, 0.3) is 6.08 Å². The molecule has 0 heterocycles. The van der Waals surface area contributed by atoms with Gasteiger partial charge in [-0.1, -0.05) is 49.4 Å². The zero-order valence-corrected chi connectivity index (χ0v) is 9.13. The highest BCUT2D eigenvalue weighted by atomic mass is 16.3. The van der Waals surface area contributed by atoms with Gasteiger partial charge in [0.1, 0.15) is 0 Å². The van der Waals surface area contributed by atoms with Gasteiger partial charge in [-0.2, -0.15) is 0 Å². The number of aliphatic hydroxyl groups is 1. The normalized spacial score (nSPS) is 29.6. The molecule has 1 heteroatoms. The van der Waals surface area contributed by atoms with Crippen LogP contribution in [0.3, 0.4) is 0 Å². The van der Waals surface area contributed by atoms with E-state index in [1.165, 1.54) is 5.56 Å². The second kappa shape index (κ2) is 4.63. The first-order valence-electron chi connectivity index (χ1n) is 5.67. The molecule has 3 atom stereocenters. The van der Waals surface area contributed by atoms with Gasteiger partial charge in [0.05, 0.1) is 0 Å². The van der Waals surface area contributed by atoms with Crippen LogP contribution in [0.1, 0.15) is 18.9 Å².